The molecule has 0 atom stereocenters. The second-order valence-electron chi connectivity index (χ2n) is 9.96. The van der Waals surface area contributed by atoms with E-state index >= 15 is 0 Å². The van der Waals surface area contributed by atoms with Crippen LogP contribution in [0.1, 0.15) is 168 Å². The minimum atomic E-state index is 0.858. The van der Waals surface area contributed by atoms with Gasteiger partial charge >= 0.3 is 0 Å². The van der Waals surface area contributed by atoms with E-state index in [0.717, 1.165) is 18.2 Å². The average Bonchev–Trinajstić information content (AvgIpc) is 2.80. The molecule has 0 amide bonds. The third-order valence-corrected chi connectivity index (χ3v) is 6.92. The summed E-state index contributed by atoms with van der Waals surface area (Å²) in [5.74, 6) is 0. The zero-order valence-corrected chi connectivity index (χ0v) is 23.1. The van der Waals surface area contributed by atoms with Gasteiger partial charge in [0.1, 0.15) is 0 Å². The van der Waals surface area contributed by atoms with Crippen molar-refractivity contribution in [1.82, 2.24) is 10.6 Å². The van der Waals surface area contributed by atoms with Gasteiger partial charge in [-0.25, -0.2) is 0 Å². The van der Waals surface area contributed by atoms with E-state index < -0.39 is 0 Å². The van der Waals surface area contributed by atoms with Crippen LogP contribution in [-0.2, 0) is 0 Å². The minimum Gasteiger partial charge on any atom is -0.363 e. The summed E-state index contributed by atoms with van der Waals surface area (Å²) in [5, 5.41) is 7.62. The molecule has 0 saturated carbocycles. The zero-order chi connectivity index (χ0) is 23.4. The van der Waals surface area contributed by atoms with Crippen molar-refractivity contribution >= 4 is 17.3 Å². The van der Waals surface area contributed by atoms with Gasteiger partial charge in [0, 0.05) is 13.1 Å². The topological polar surface area (TPSA) is 24.1 Å². The Morgan fingerprint density at radius 2 is 0.594 bits per heavy atom. The molecule has 0 aliphatic rings. The van der Waals surface area contributed by atoms with Gasteiger partial charge in [0.05, 0.1) is 0 Å². The Labute approximate surface area is 208 Å². The lowest BCUT2D eigenvalue weighted by atomic mass is 10.1. The van der Waals surface area contributed by atoms with Gasteiger partial charge in [-0.1, -0.05) is 155 Å². The van der Waals surface area contributed by atoms with E-state index in [4.69, 9.17) is 12.2 Å². The van der Waals surface area contributed by atoms with Gasteiger partial charge in [0.25, 0.3) is 0 Å². The van der Waals surface area contributed by atoms with E-state index in [2.05, 4.69) is 24.5 Å². The Balaban J connectivity index is 3.14. The molecular weight excluding hydrogens is 408 g/mol. The van der Waals surface area contributed by atoms with Crippen molar-refractivity contribution in [2.45, 2.75) is 168 Å². The molecule has 0 aliphatic carbocycles. The van der Waals surface area contributed by atoms with Crippen LogP contribution in [0.15, 0.2) is 0 Å². The van der Waals surface area contributed by atoms with E-state index in [1.54, 1.807) is 0 Å². The molecule has 0 aromatic rings. The first-order valence-corrected chi connectivity index (χ1v) is 15.2. The monoisotopic (exact) mass is 468 g/mol. The maximum atomic E-state index is 5.40. The van der Waals surface area contributed by atoms with Gasteiger partial charge in [-0.15, -0.1) is 0 Å². The normalized spacial score (nSPS) is 11.1. The summed E-state index contributed by atoms with van der Waals surface area (Å²) in [6.45, 7) is 6.64. The fourth-order valence-corrected chi connectivity index (χ4v) is 4.60. The van der Waals surface area contributed by atoms with Gasteiger partial charge in [-0.2, -0.15) is 0 Å². The fourth-order valence-electron chi connectivity index (χ4n) is 4.40. The van der Waals surface area contributed by atoms with E-state index in [1.165, 1.54) is 154 Å². The average molecular weight is 469 g/mol. The first kappa shape index (κ1) is 31.7. The highest BCUT2D eigenvalue weighted by atomic mass is 32.1. The molecule has 0 fully saturated rings. The molecule has 2 N–H and O–H groups in total. The van der Waals surface area contributed by atoms with E-state index in [1.807, 2.05) is 0 Å². The lowest BCUT2D eigenvalue weighted by Gasteiger charge is -2.10. The number of hydrogen-bond donors (Lipinski definition) is 2. The van der Waals surface area contributed by atoms with Crippen molar-refractivity contribution in [3.05, 3.63) is 0 Å². The molecule has 0 heterocycles. The van der Waals surface area contributed by atoms with Crippen LogP contribution in [-0.4, -0.2) is 18.2 Å². The first-order valence-electron chi connectivity index (χ1n) is 14.8. The molecule has 192 valence electrons. The second kappa shape index (κ2) is 28.7. The third kappa shape index (κ3) is 27.7. The lowest BCUT2D eigenvalue weighted by molar-refractivity contribution is 0.541. The predicted octanol–water partition coefficient (Wildman–Crippen LogP) is 9.85. The maximum Gasteiger partial charge on any atom is 0.166 e. The number of nitrogens with one attached hydrogen (secondary N) is 2. The molecule has 2 nitrogen and oxygen atoms in total. The van der Waals surface area contributed by atoms with Crippen LogP contribution in [0.3, 0.4) is 0 Å². The highest BCUT2D eigenvalue weighted by Crippen LogP contribution is 2.12. The molecule has 0 aromatic carbocycles. The summed E-state index contributed by atoms with van der Waals surface area (Å²) >= 11 is 5.40. The third-order valence-electron chi connectivity index (χ3n) is 6.63. The van der Waals surface area contributed by atoms with Crippen LogP contribution in [0, 0.1) is 0 Å². The van der Waals surface area contributed by atoms with Crippen molar-refractivity contribution in [1.29, 1.82) is 0 Å². The second-order valence-corrected chi connectivity index (χ2v) is 10.4. The summed E-state index contributed by atoms with van der Waals surface area (Å²) in [4.78, 5) is 0. The summed E-state index contributed by atoms with van der Waals surface area (Å²) in [6.07, 6.45) is 33.7. The quantitative estimate of drug-likeness (QED) is 0.0975. The van der Waals surface area contributed by atoms with E-state index in [-0.39, 0.29) is 0 Å². The highest BCUT2D eigenvalue weighted by molar-refractivity contribution is 7.80. The molecule has 0 radical (unpaired) electrons. The van der Waals surface area contributed by atoms with Gasteiger partial charge in [-0.3, -0.25) is 0 Å². The molecule has 0 spiro atoms. The SMILES string of the molecule is CCCCCCCCCCCCCCNC(=S)NCCCCCCCCCCCCCC. The first-order chi connectivity index (χ1) is 15.8. The molecule has 0 aliphatic heterocycles. The van der Waals surface area contributed by atoms with Gasteiger partial charge < -0.3 is 10.6 Å². The lowest BCUT2D eigenvalue weighted by Crippen LogP contribution is -2.36. The number of hydrogen-bond acceptors (Lipinski definition) is 1. The fraction of sp³-hybridized carbons (Fsp3) is 0.966. The number of rotatable bonds is 26. The minimum absolute atomic E-state index is 0.858. The van der Waals surface area contributed by atoms with Gasteiger partial charge in [-0.05, 0) is 25.1 Å². The van der Waals surface area contributed by atoms with Crippen molar-refractivity contribution in [2.75, 3.05) is 13.1 Å². The van der Waals surface area contributed by atoms with Crippen LogP contribution in [0.2, 0.25) is 0 Å². The van der Waals surface area contributed by atoms with Crippen LogP contribution in [0.4, 0.5) is 0 Å². The summed E-state index contributed by atoms with van der Waals surface area (Å²) in [6, 6.07) is 0. The largest absolute Gasteiger partial charge is 0.363 e. The molecule has 3 heteroatoms. The molecule has 0 saturated heterocycles. The number of thiocarbonyl (C=S) groups is 1. The van der Waals surface area contributed by atoms with Crippen molar-refractivity contribution in [3.63, 3.8) is 0 Å². The summed E-state index contributed by atoms with van der Waals surface area (Å²) < 4.78 is 0. The van der Waals surface area contributed by atoms with Crippen LogP contribution in [0.25, 0.3) is 0 Å². The maximum absolute atomic E-state index is 5.40. The number of unbranched alkanes of at least 4 members (excludes halogenated alkanes) is 22. The Kier molecular flexibility index (Phi) is 28.4. The highest BCUT2D eigenvalue weighted by Gasteiger charge is 1.97. The molecule has 0 unspecified atom stereocenters. The molecule has 0 aromatic heterocycles. The van der Waals surface area contributed by atoms with Gasteiger partial charge in [0.15, 0.2) is 5.11 Å². The summed E-state index contributed by atoms with van der Waals surface area (Å²) in [7, 11) is 0. The van der Waals surface area contributed by atoms with Crippen LogP contribution >= 0.6 is 12.2 Å². The van der Waals surface area contributed by atoms with Crippen molar-refractivity contribution < 1.29 is 0 Å². The van der Waals surface area contributed by atoms with E-state index in [9.17, 15) is 0 Å². The predicted molar refractivity (Wildman–Crippen MR) is 151 cm³/mol. The summed E-state index contributed by atoms with van der Waals surface area (Å²) in [5.41, 5.74) is 0. The molecule has 32 heavy (non-hydrogen) atoms. The zero-order valence-electron chi connectivity index (χ0n) is 22.3. The molecule has 0 rings (SSSR count). The molecular formula is C29H60N2S. The van der Waals surface area contributed by atoms with Gasteiger partial charge in [0.2, 0.25) is 0 Å². The van der Waals surface area contributed by atoms with E-state index in [0.29, 0.717) is 0 Å². The van der Waals surface area contributed by atoms with Crippen molar-refractivity contribution in [2.24, 2.45) is 0 Å². The Morgan fingerprint density at radius 3 is 0.844 bits per heavy atom. The smallest absolute Gasteiger partial charge is 0.166 e. The Hall–Kier alpha value is -0.310. The van der Waals surface area contributed by atoms with Crippen LogP contribution in [0.5, 0.6) is 0 Å². The van der Waals surface area contributed by atoms with Crippen molar-refractivity contribution in [3.8, 4) is 0 Å². The Bertz CT molecular complexity index is 327. The van der Waals surface area contributed by atoms with Crippen LogP contribution < -0.4 is 10.6 Å². The Morgan fingerprint density at radius 1 is 0.375 bits per heavy atom. The molecule has 0 bridgehead atoms. The standard InChI is InChI=1S/C29H60N2S/c1-3-5-7-9-11-13-15-17-19-21-23-25-27-30-29(32)31-28-26-24-22-20-18-16-14-12-10-8-6-4-2/h3-28H2,1-2H3,(H2,30,31,32).